The molecule has 0 amide bonds. The molecule has 0 spiro atoms. The lowest BCUT2D eigenvalue weighted by Crippen LogP contribution is -2.00. The van der Waals surface area contributed by atoms with Gasteiger partial charge in [-0.25, -0.2) is 15.0 Å². The zero-order valence-corrected chi connectivity index (χ0v) is 31.9. The van der Waals surface area contributed by atoms with Crippen LogP contribution in [0.4, 0.5) is 0 Å². The van der Waals surface area contributed by atoms with Crippen molar-refractivity contribution in [2.24, 2.45) is 0 Å². The van der Waals surface area contributed by atoms with Gasteiger partial charge in [-0.05, 0) is 86.8 Å². The summed E-state index contributed by atoms with van der Waals surface area (Å²) in [6.45, 7) is 0. The molecule has 12 rings (SSSR count). The quantitative estimate of drug-likeness (QED) is 0.175. The van der Waals surface area contributed by atoms with Crippen molar-refractivity contribution < 1.29 is 4.42 Å². The van der Waals surface area contributed by atoms with E-state index >= 15 is 0 Å². The molecule has 0 aliphatic heterocycles. The normalized spacial score (nSPS) is 11.8. The summed E-state index contributed by atoms with van der Waals surface area (Å²) in [6, 6.07) is 66.4. The van der Waals surface area contributed by atoms with E-state index in [0.29, 0.717) is 17.5 Å². The molecule has 9 aromatic carbocycles. The van der Waals surface area contributed by atoms with Crippen LogP contribution in [0.3, 0.4) is 0 Å². The van der Waals surface area contributed by atoms with Gasteiger partial charge in [-0.15, -0.1) is 11.3 Å². The number of nitrogens with zero attached hydrogens (tertiary/aromatic N) is 3. The van der Waals surface area contributed by atoms with E-state index < -0.39 is 0 Å². The lowest BCUT2D eigenvalue weighted by molar-refractivity contribution is 0.670. The Morgan fingerprint density at radius 3 is 1.81 bits per heavy atom. The molecule has 270 valence electrons. The second-order valence-corrected chi connectivity index (χ2v) is 15.9. The maximum atomic E-state index is 6.67. The standard InChI is InChI=1S/C53H31N3OS/c1-3-12-33(13-4-1)43-28-39(29-46-44-26-35-17-7-8-18-36(35)30-47(44)57-50(43)46)37-22-24-41-45-27-38(23-25-48(45)58-49(41)31-37)52-54-51(34-15-5-2-6-16-34)55-53(56-52)42-21-11-19-32-14-9-10-20-40(32)42/h1-31H. The zero-order valence-electron chi connectivity index (χ0n) is 31.1. The summed E-state index contributed by atoms with van der Waals surface area (Å²) in [5.74, 6) is 1.96. The van der Waals surface area contributed by atoms with Crippen molar-refractivity contribution in [2.45, 2.75) is 0 Å². The fourth-order valence-electron chi connectivity index (χ4n) is 8.42. The summed E-state index contributed by atoms with van der Waals surface area (Å²) in [5, 5.41) is 9.28. The van der Waals surface area contributed by atoms with E-state index in [1.54, 1.807) is 0 Å². The average Bonchev–Trinajstić information content (AvgIpc) is 3.85. The van der Waals surface area contributed by atoms with E-state index in [9.17, 15) is 0 Å². The van der Waals surface area contributed by atoms with Crippen LogP contribution in [-0.2, 0) is 0 Å². The Morgan fingerprint density at radius 1 is 0.328 bits per heavy atom. The highest BCUT2D eigenvalue weighted by molar-refractivity contribution is 7.25. The van der Waals surface area contributed by atoms with Crippen LogP contribution >= 0.6 is 11.3 Å². The summed E-state index contributed by atoms with van der Waals surface area (Å²) in [7, 11) is 0. The minimum atomic E-state index is 0.650. The Labute approximate surface area is 337 Å². The van der Waals surface area contributed by atoms with E-state index in [4.69, 9.17) is 19.4 Å². The van der Waals surface area contributed by atoms with Gasteiger partial charge in [0.25, 0.3) is 0 Å². The largest absolute Gasteiger partial charge is 0.455 e. The molecule has 0 N–H and O–H groups in total. The molecule has 3 heterocycles. The minimum Gasteiger partial charge on any atom is -0.455 e. The van der Waals surface area contributed by atoms with Crippen LogP contribution < -0.4 is 0 Å². The highest BCUT2D eigenvalue weighted by Crippen LogP contribution is 2.43. The summed E-state index contributed by atoms with van der Waals surface area (Å²) in [4.78, 5) is 15.2. The molecule has 0 aliphatic carbocycles. The van der Waals surface area contributed by atoms with Crippen LogP contribution in [-0.4, -0.2) is 15.0 Å². The topological polar surface area (TPSA) is 51.8 Å². The number of thiophene rings is 1. The van der Waals surface area contributed by atoms with Crippen molar-refractivity contribution in [3.8, 4) is 56.4 Å². The van der Waals surface area contributed by atoms with E-state index in [0.717, 1.165) is 71.7 Å². The van der Waals surface area contributed by atoms with Gasteiger partial charge in [-0.2, -0.15) is 0 Å². The average molecular weight is 758 g/mol. The Bertz CT molecular complexity index is 3570. The first-order chi connectivity index (χ1) is 28.7. The van der Waals surface area contributed by atoms with Crippen molar-refractivity contribution in [3.05, 3.63) is 188 Å². The van der Waals surface area contributed by atoms with Gasteiger partial charge in [0, 0.05) is 53.2 Å². The van der Waals surface area contributed by atoms with Gasteiger partial charge in [0.15, 0.2) is 17.5 Å². The Balaban J connectivity index is 1.00. The van der Waals surface area contributed by atoms with E-state index in [1.165, 1.54) is 30.9 Å². The molecule has 0 bridgehead atoms. The van der Waals surface area contributed by atoms with Crippen LogP contribution in [0.1, 0.15) is 0 Å². The van der Waals surface area contributed by atoms with Crippen LogP contribution in [0, 0.1) is 0 Å². The number of benzene rings is 9. The molecular weight excluding hydrogens is 727 g/mol. The van der Waals surface area contributed by atoms with Crippen molar-refractivity contribution in [3.63, 3.8) is 0 Å². The van der Waals surface area contributed by atoms with Gasteiger partial charge < -0.3 is 4.42 Å². The summed E-state index contributed by atoms with van der Waals surface area (Å²) >= 11 is 1.81. The molecule has 12 aromatic rings. The second kappa shape index (κ2) is 13.1. The Morgan fingerprint density at radius 2 is 0.983 bits per heavy atom. The lowest BCUT2D eigenvalue weighted by atomic mass is 9.95. The molecule has 0 fully saturated rings. The first-order valence-corrected chi connectivity index (χ1v) is 20.2. The maximum Gasteiger partial charge on any atom is 0.164 e. The Kier molecular flexibility index (Phi) is 7.37. The summed E-state index contributed by atoms with van der Waals surface area (Å²) < 4.78 is 9.11. The maximum absolute atomic E-state index is 6.67. The van der Waals surface area contributed by atoms with Crippen molar-refractivity contribution in [1.29, 1.82) is 0 Å². The number of hydrogen-bond donors (Lipinski definition) is 0. The van der Waals surface area contributed by atoms with Crippen molar-refractivity contribution >= 4 is 75.0 Å². The van der Waals surface area contributed by atoms with Crippen LogP contribution in [0.5, 0.6) is 0 Å². The van der Waals surface area contributed by atoms with Crippen LogP contribution in [0.25, 0.3) is 120 Å². The molecule has 0 saturated carbocycles. The first-order valence-electron chi connectivity index (χ1n) is 19.4. The predicted octanol–water partition coefficient (Wildman–Crippen LogP) is 14.8. The highest BCUT2D eigenvalue weighted by Gasteiger charge is 2.18. The molecule has 58 heavy (non-hydrogen) atoms. The third kappa shape index (κ3) is 5.40. The zero-order chi connectivity index (χ0) is 38.2. The number of aromatic nitrogens is 3. The van der Waals surface area contributed by atoms with E-state index in [1.807, 2.05) is 29.5 Å². The van der Waals surface area contributed by atoms with Gasteiger partial charge in [-0.3, -0.25) is 0 Å². The molecule has 0 saturated heterocycles. The first kappa shape index (κ1) is 32.7. The van der Waals surface area contributed by atoms with Gasteiger partial charge >= 0.3 is 0 Å². The molecule has 5 heteroatoms. The molecule has 0 radical (unpaired) electrons. The smallest absolute Gasteiger partial charge is 0.164 e. The lowest BCUT2D eigenvalue weighted by Gasteiger charge is -2.10. The molecular formula is C53H31N3OS. The second-order valence-electron chi connectivity index (χ2n) is 14.8. The SMILES string of the molecule is c1ccc(-c2nc(-c3ccc4sc5cc(-c6cc(-c7ccccc7)c7oc8cc9ccccc9cc8c7c6)ccc5c4c3)nc(-c3cccc4ccccc34)n2)cc1. The third-order valence-electron chi connectivity index (χ3n) is 11.3. The number of hydrogen-bond acceptors (Lipinski definition) is 5. The van der Waals surface area contributed by atoms with Gasteiger partial charge in [0.1, 0.15) is 11.2 Å². The molecule has 0 atom stereocenters. The summed E-state index contributed by atoms with van der Waals surface area (Å²) in [6.07, 6.45) is 0. The number of fused-ring (bicyclic) bond motifs is 8. The van der Waals surface area contributed by atoms with E-state index in [2.05, 4.69) is 170 Å². The number of furan rings is 1. The van der Waals surface area contributed by atoms with Crippen LogP contribution in [0.2, 0.25) is 0 Å². The van der Waals surface area contributed by atoms with Crippen LogP contribution in [0.15, 0.2) is 192 Å². The third-order valence-corrected chi connectivity index (χ3v) is 12.4. The monoisotopic (exact) mass is 757 g/mol. The fourth-order valence-corrected chi connectivity index (χ4v) is 9.55. The minimum absolute atomic E-state index is 0.650. The van der Waals surface area contributed by atoms with Gasteiger partial charge in [-0.1, -0.05) is 140 Å². The molecule has 3 aromatic heterocycles. The Hall–Kier alpha value is -7.47. The summed E-state index contributed by atoms with van der Waals surface area (Å²) in [5.41, 5.74) is 9.24. The molecule has 4 nitrogen and oxygen atoms in total. The fraction of sp³-hybridized carbons (Fsp3) is 0. The van der Waals surface area contributed by atoms with Gasteiger partial charge in [0.05, 0.1) is 0 Å². The van der Waals surface area contributed by atoms with Gasteiger partial charge in [0.2, 0.25) is 0 Å². The molecule has 0 aliphatic rings. The number of rotatable bonds is 5. The van der Waals surface area contributed by atoms with E-state index in [-0.39, 0.29) is 0 Å². The van der Waals surface area contributed by atoms with Crippen molar-refractivity contribution in [1.82, 2.24) is 15.0 Å². The van der Waals surface area contributed by atoms with Crippen molar-refractivity contribution in [2.75, 3.05) is 0 Å². The highest BCUT2D eigenvalue weighted by atomic mass is 32.1. The molecule has 0 unspecified atom stereocenters. The predicted molar refractivity (Wildman–Crippen MR) is 242 cm³/mol.